The number of carbonyl (C=O) groups is 2. The molecule has 1 N–H and O–H groups in total. The van der Waals surface area contributed by atoms with E-state index < -0.39 is 0 Å². The molecule has 0 unspecified atom stereocenters. The summed E-state index contributed by atoms with van der Waals surface area (Å²) in [4.78, 5) is 26.5. The number of rotatable bonds is 6. The van der Waals surface area contributed by atoms with E-state index in [9.17, 15) is 9.59 Å². The number of aryl methyl sites for hydroxylation is 1. The molecule has 0 aliphatic heterocycles. The van der Waals surface area contributed by atoms with E-state index >= 15 is 0 Å². The zero-order chi connectivity index (χ0) is 15.9. The lowest BCUT2D eigenvalue weighted by Gasteiger charge is -2.24. The van der Waals surface area contributed by atoms with Gasteiger partial charge < -0.3 is 10.2 Å². The van der Waals surface area contributed by atoms with Gasteiger partial charge in [-0.05, 0) is 37.8 Å². The third kappa shape index (κ3) is 4.33. The average molecular weight is 302 g/mol. The first-order chi connectivity index (χ1) is 10.6. The highest BCUT2D eigenvalue weighted by Gasteiger charge is 2.27. The molecule has 4 heteroatoms. The van der Waals surface area contributed by atoms with Crippen molar-refractivity contribution < 1.29 is 9.59 Å². The lowest BCUT2D eigenvalue weighted by atomic mass is 10.1. The second-order valence-corrected chi connectivity index (χ2v) is 6.10. The van der Waals surface area contributed by atoms with Crippen molar-refractivity contribution >= 4 is 17.5 Å². The highest BCUT2D eigenvalue weighted by atomic mass is 16.2. The summed E-state index contributed by atoms with van der Waals surface area (Å²) >= 11 is 0. The van der Waals surface area contributed by atoms with Crippen molar-refractivity contribution in [2.45, 2.75) is 46.0 Å². The number of amides is 2. The molecule has 0 saturated heterocycles. The van der Waals surface area contributed by atoms with Gasteiger partial charge in [-0.15, -0.1) is 0 Å². The molecule has 2 amide bonds. The number of nitrogens with zero attached hydrogens (tertiary/aromatic N) is 1. The summed E-state index contributed by atoms with van der Waals surface area (Å²) in [5.74, 6) is 0.159. The molecule has 0 heterocycles. The molecule has 0 aromatic heterocycles. The maximum absolute atomic E-state index is 12.5. The molecule has 1 aromatic rings. The summed E-state index contributed by atoms with van der Waals surface area (Å²) in [6.07, 6.45) is 5.07. The van der Waals surface area contributed by atoms with Crippen molar-refractivity contribution in [3.8, 4) is 0 Å². The molecule has 1 aliphatic rings. The maximum Gasteiger partial charge on any atom is 0.244 e. The van der Waals surface area contributed by atoms with Gasteiger partial charge in [0.15, 0.2) is 0 Å². The number of anilines is 1. The second kappa shape index (κ2) is 7.97. The number of hydrogen-bond donors (Lipinski definition) is 1. The molecule has 1 aromatic carbocycles. The van der Waals surface area contributed by atoms with E-state index in [1.54, 1.807) is 4.90 Å². The largest absolute Gasteiger partial charge is 0.333 e. The molecular weight excluding hydrogens is 276 g/mol. The number of nitrogens with one attached hydrogen (secondary N) is 1. The monoisotopic (exact) mass is 302 g/mol. The van der Waals surface area contributed by atoms with Gasteiger partial charge in [-0.1, -0.05) is 38.0 Å². The van der Waals surface area contributed by atoms with Crippen LogP contribution in [0.2, 0.25) is 0 Å². The minimum absolute atomic E-state index is 0.117. The average Bonchev–Trinajstić information content (AvgIpc) is 3.03. The first-order valence-electron chi connectivity index (χ1n) is 8.26. The Morgan fingerprint density at radius 3 is 2.55 bits per heavy atom. The molecule has 1 fully saturated rings. The normalized spacial score (nSPS) is 14.8. The zero-order valence-corrected chi connectivity index (χ0v) is 13.6. The van der Waals surface area contributed by atoms with Crippen LogP contribution in [-0.4, -0.2) is 29.8 Å². The van der Waals surface area contributed by atoms with Gasteiger partial charge in [0.25, 0.3) is 0 Å². The van der Waals surface area contributed by atoms with Crippen LogP contribution in [0, 0.1) is 12.8 Å². The molecule has 2 rings (SSSR count). The quantitative estimate of drug-likeness (QED) is 0.876. The van der Waals surface area contributed by atoms with E-state index in [1.807, 2.05) is 38.1 Å². The molecule has 22 heavy (non-hydrogen) atoms. The zero-order valence-electron chi connectivity index (χ0n) is 13.6. The Kier molecular flexibility index (Phi) is 5.99. The van der Waals surface area contributed by atoms with Crippen LogP contribution in [0.3, 0.4) is 0 Å². The number of carbonyl (C=O) groups excluding carboxylic acids is 2. The van der Waals surface area contributed by atoms with Crippen molar-refractivity contribution in [2.75, 3.05) is 18.4 Å². The predicted octanol–water partition coefficient (Wildman–Crippen LogP) is 3.36. The molecule has 1 saturated carbocycles. The summed E-state index contributed by atoms with van der Waals surface area (Å²) in [6.45, 7) is 4.80. The van der Waals surface area contributed by atoms with Crippen molar-refractivity contribution in [2.24, 2.45) is 5.92 Å². The van der Waals surface area contributed by atoms with Gasteiger partial charge in [0, 0.05) is 18.2 Å². The van der Waals surface area contributed by atoms with Crippen LogP contribution >= 0.6 is 0 Å². The maximum atomic E-state index is 12.5. The molecule has 120 valence electrons. The Balaban J connectivity index is 1.96. The standard InChI is InChI=1S/C18H26N2O2/c1-3-12-20(18(22)15-9-5-6-10-15)13-17(21)19-16-11-7-4-8-14(16)2/h4,7-8,11,15H,3,5-6,9-10,12-13H2,1-2H3,(H,19,21). The van der Waals surface area contributed by atoms with Gasteiger partial charge in [0.1, 0.15) is 0 Å². The molecular formula is C18H26N2O2. The fourth-order valence-electron chi connectivity index (χ4n) is 3.04. The summed E-state index contributed by atoms with van der Waals surface area (Å²) < 4.78 is 0. The SMILES string of the molecule is CCCN(CC(=O)Nc1ccccc1C)C(=O)C1CCCC1. The van der Waals surface area contributed by atoms with E-state index in [1.165, 1.54) is 0 Å². The van der Waals surface area contributed by atoms with Crippen LogP contribution in [-0.2, 0) is 9.59 Å². The van der Waals surface area contributed by atoms with Gasteiger partial charge in [-0.2, -0.15) is 0 Å². The number of benzene rings is 1. The highest BCUT2D eigenvalue weighted by molar-refractivity contribution is 5.95. The fourth-order valence-corrected chi connectivity index (χ4v) is 3.04. The van der Waals surface area contributed by atoms with Gasteiger partial charge in [0.2, 0.25) is 11.8 Å². The molecule has 0 bridgehead atoms. The molecule has 0 atom stereocenters. The topological polar surface area (TPSA) is 49.4 Å². The fraction of sp³-hybridized carbons (Fsp3) is 0.556. The molecule has 1 aliphatic carbocycles. The van der Waals surface area contributed by atoms with Crippen LogP contribution in [0.4, 0.5) is 5.69 Å². The minimum Gasteiger partial charge on any atom is -0.333 e. The van der Waals surface area contributed by atoms with Crippen LogP contribution in [0.25, 0.3) is 0 Å². The third-order valence-electron chi connectivity index (χ3n) is 4.26. The Morgan fingerprint density at radius 1 is 1.23 bits per heavy atom. The summed E-state index contributed by atoms with van der Waals surface area (Å²) in [7, 11) is 0. The van der Waals surface area contributed by atoms with Gasteiger partial charge in [-0.3, -0.25) is 9.59 Å². The Labute approximate surface area is 132 Å². The number of hydrogen-bond acceptors (Lipinski definition) is 2. The smallest absolute Gasteiger partial charge is 0.244 e. The van der Waals surface area contributed by atoms with E-state index in [0.29, 0.717) is 6.54 Å². The van der Waals surface area contributed by atoms with E-state index in [-0.39, 0.29) is 24.3 Å². The lowest BCUT2D eigenvalue weighted by Crippen LogP contribution is -2.41. The van der Waals surface area contributed by atoms with Crippen LogP contribution in [0.5, 0.6) is 0 Å². The van der Waals surface area contributed by atoms with Crippen LogP contribution in [0.15, 0.2) is 24.3 Å². The highest BCUT2D eigenvalue weighted by Crippen LogP contribution is 2.26. The summed E-state index contributed by atoms with van der Waals surface area (Å²) in [6, 6.07) is 7.69. The first-order valence-corrected chi connectivity index (χ1v) is 8.26. The van der Waals surface area contributed by atoms with Crippen molar-refractivity contribution in [3.63, 3.8) is 0 Å². The Morgan fingerprint density at radius 2 is 1.91 bits per heavy atom. The van der Waals surface area contributed by atoms with Crippen molar-refractivity contribution in [3.05, 3.63) is 29.8 Å². The molecule has 0 radical (unpaired) electrons. The van der Waals surface area contributed by atoms with Crippen molar-refractivity contribution in [1.29, 1.82) is 0 Å². The van der Waals surface area contributed by atoms with Crippen LogP contribution in [0.1, 0.15) is 44.6 Å². The van der Waals surface area contributed by atoms with Crippen LogP contribution < -0.4 is 5.32 Å². The Hall–Kier alpha value is -1.84. The van der Waals surface area contributed by atoms with Gasteiger partial charge in [-0.25, -0.2) is 0 Å². The number of para-hydroxylation sites is 1. The van der Waals surface area contributed by atoms with E-state index in [0.717, 1.165) is 43.4 Å². The predicted molar refractivity (Wildman–Crippen MR) is 88.6 cm³/mol. The first kappa shape index (κ1) is 16.5. The third-order valence-corrected chi connectivity index (χ3v) is 4.26. The summed E-state index contributed by atoms with van der Waals surface area (Å²) in [5, 5.41) is 2.91. The van der Waals surface area contributed by atoms with E-state index in [2.05, 4.69) is 5.32 Å². The minimum atomic E-state index is -0.117. The Bertz CT molecular complexity index is 522. The lowest BCUT2D eigenvalue weighted by molar-refractivity contribution is -0.138. The molecule has 4 nitrogen and oxygen atoms in total. The summed E-state index contributed by atoms with van der Waals surface area (Å²) in [5.41, 5.74) is 1.84. The van der Waals surface area contributed by atoms with Gasteiger partial charge >= 0.3 is 0 Å². The van der Waals surface area contributed by atoms with E-state index in [4.69, 9.17) is 0 Å². The van der Waals surface area contributed by atoms with Gasteiger partial charge in [0.05, 0.1) is 6.54 Å². The second-order valence-electron chi connectivity index (χ2n) is 6.10. The molecule has 0 spiro atoms. The van der Waals surface area contributed by atoms with Crippen molar-refractivity contribution in [1.82, 2.24) is 4.90 Å².